The van der Waals surface area contributed by atoms with Gasteiger partial charge in [0.05, 0.1) is 11.3 Å². The SMILES string of the molecule is CC1(C)CCN(c2ncc(C(=O)O)cc2N)C1. The van der Waals surface area contributed by atoms with Gasteiger partial charge in [0.25, 0.3) is 0 Å². The molecule has 0 bridgehead atoms. The van der Waals surface area contributed by atoms with Gasteiger partial charge in [-0.3, -0.25) is 0 Å². The highest BCUT2D eigenvalue weighted by molar-refractivity contribution is 5.89. The molecule has 17 heavy (non-hydrogen) atoms. The first kappa shape index (κ1) is 11.7. The third-order valence-electron chi connectivity index (χ3n) is 3.12. The van der Waals surface area contributed by atoms with Crippen LogP contribution in [-0.4, -0.2) is 29.1 Å². The zero-order valence-electron chi connectivity index (χ0n) is 10.1. The molecule has 1 fully saturated rings. The molecular weight excluding hydrogens is 218 g/mol. The number of aromatic carboxylic acids is 1. The molecule has 92 valence electrons. The van der Waals surface area contributed by atoms with Gasteiger partial charge in [-0.2, -0.15) is 0 Å². The van der Waals surface area contributed by atoms with Gasteiger partial charge in [-0.25, -0.2) is 9.78 Å². The van der Waals surface area contributed by atoms with Crippen LogP contribution in [0.25, 0.3) is 0 Å². The standard InChI is InChI=1S/C12H17N3O2/c1-12(2)3-4-15(7-12)10-9(13)5-8(6-14-10)11(16)17/h5-6H,3-4,7,13H2,1-2H3,(H,16,17). The van der Waals surface area contributed by atoms with Gasteiger partial charge >= 0.3 is 5.97 Å². The second kappa shape index (κ2) is 3.91. The summed E-state index contributed by atoms with van der Waals surface area (Å²) in [6.07, 6.45) is 2.45. The number of pyridine rings is 1. The second-order valence-electron chi connectivity index (χ2n) is 5.28. The Morgan fingerprint density at radius 1 is 1.59 bits per heavy atom. The Morgan fingerprint density at radius 3 is 2.76 bits per heavy atom. The minimum atomic E-state index is -1.00. The average molecular weight is 235 g/mol. The molecular formula is C12H17N3O2. The van der Waals surface area contributed by atoms with E-state index in [1.807, 2.05) is 0 Å². The molecule has 0 amide bonds. The summed E-state index contributed by atoms with van der Waals surface area (Å²) in [5.74, 6) is -0.307. The van der Waals surface area contributed by atoms with E-state index >= 15 is 0 Å². The van der Waals surface area contributed by atoms with Crippen LogP contribution in [0.5, 0.6) is 0 Å². The van der Waals surface area contributed by atoms with Crippen molar-refractivity contribution >= 4 is 17.5 Å². The topological polar surface area (TPSA) is 79.5 Å². The molecule has 1 aliphatic rings. The minimum absolute atomic E-state index is 0.129. The smallest absolute Gasteiger partial charge is 0.337 e. The predicted molar refractivity (Wildman–Crippen MR) is 66.2 cm³/mol. The summed E-state index contributed by atoms with van der Waals surface area (Å²) in [4.78, 5) is 17.1. The lowest BCUT2D eigenvalue weighted by atomic mass is 9.93. The number of carbonyl (C=O) groups is 1. The second-order valence-corrected chi connectivity index (χ2v) is 5.28. The van der Waals surface area contributed by atoms with Crippen molar-refractivity contribution in [1.29, 1.82) is 0 Å². The van der Waals surface area contributed by atoms with E-state index in [9.17, 15) is 4.79 Å². The predicted octanol–water partition coefficient (Wildman–Crippen LogP) is 1.60. The Balaban J connectivity index is 2.26. The average Bonchev–Trinajstić information content (AvgIpc) is 2.58. The summed E-state index contributed by atoms with van der Waals surface area (Å²) in [6.45, 7) is 6.22. The molecule has 1 aromatic heterocycles. The third kappa shape index (κ3) is 2.33. The highest BCUT2D eigenvalue weighted by Crippen LogP contribution is 2.33. The van der Waals surface area contributed by atoms with Gasteiger partial charge in [-0.15, -0.1) is 0 Å². The van der Waals surface area contributed by atoms with Crippen LogP contribution in [0.4, 0.5) is 11.5 Å². The fourth-order valence-corrected chi connectivity index (χ4v) is 2.15. The van der Waals surface area contributed by atoms with Gasteiger partial charge in [0, 0.05) is 19.3 Å². The van der Waals surface area contributed by atoms with E-state index in [0.717, 1.165) is 19.5 Å². The molecule has 0 unspecified atom stereocenters. The van der Waals surface area contributed by atoms with Gasteiger partial charge in [-0.05, 0) is 17.9 Å². The maximum atomic E-state index is 10.8. The van der Waals surface area contributed by atoms with E-state index in [4.69, 9.17) is 10.8 Å². The van der Waals surface area contributed by atoms with Crippen molar-refractivity contribution in [3.63, 3.8) is 0 Å². The van der Waals surface area contributed by atoms with Crippen molar-refractivity contribution in [2.75, 3.05) is 23.7 Å². The van der Waals surface area contributed by atoms with Crippen molar-refractivity contribution in [2.45, 2.75) is 20.3 Å². The number of nitrogens with two attached hydrogens (primary N) is 1. The number of hydrogen-bond acceptors (Lipinski definition) is 4. The van der Waals surface area contributed by atoms with Crippen LogP contribution in [0.3, 0.4) is 0 Å². The lowest BCUT2D eigenvalue weighted by Crippen LogP contribution is -2.24. The molecule has 0 atom stereocenters. The summed E-state index contributed by atoms with van der Waals surface area (Å²) in [6, 6.07) is 1.47. The molecule has 0 aromatic carbocycles. The molecule has 0 radical (unpaired) electrons. The lowest BCUT2D eigenvalue weighted by Gasteiger charge is -2.21. The molecule has 5 heteroatoms. The molecule has 1 saturated heterocycles. The molecule has 1 aliphatic heterocycles. The van der Waals surface area contributed by atoms with Gasteiger partial charge < -0.3 is 15.7 Å². The first-order valence-electron chi connectivity index (χ1n) is 5.63. The van der Waals surface area contributed by atoms with Crippen LogP contribution < -0.4 is 10.6 Å². The normalized spacial score (nSPS) is 18.4. The van der Waals surface area contributed by atoms with E-state index in [2.05, 4.69) is 23.7 Å². The fraction of sp³-hybridized carbons (Fsp3) is 0.500. The highest BCUT2D eigenvalue weighted by Gasteiger charge is 2.30. The van der Waals surface area contributed by atoms with Crippen molar-refractivity contribution < 1.29 is 9.90 Å². The zero-order valence-corrected chi connectivity index (χ0v) is 10.1. The Labute approximate surface area is 100 Å². The number of rotatable bonds is 2. The number of anilines is 2. The van der Waals surface area contributed by atoms with Crippen LogP contribution in [0, 0.1) is 5.41 Å². The Hall–Kier alpha value is -1.78. The van der Waals surface area contributed by atoms with Crippen LogP contribution >= 0.6 is 0 Å². The van der Waals surface area contributed by atoms with Crippen molar-refractivity contribution in [3.05, 3.63) is 17.8 Å². The minimum Gasteiger partial charge on any atom is -0.478 e. The largest absolute Gasteiger partial charge is 0.478 e. The van der Waals surface area contributed by atoms with E-state index < -0.39 is 5.97 Å². The van der Waals surface area contributed by atoms with Crippen molar-refractivity contribution in [3.8, 4) is 0 Å². The van der Waals surface area contributed by atoms with E-state index in [1.54, 1.807) is 0 Å². The van der Waals surface area contributed by atoms with Crippen molar-refractivity contribution in [2.24, 2.45) is 5.41 Å². The molecule has 1 aromatic rings. The number of hydrogen-bond donors (Lipinski definition) is 2. The molecule has 3 N–H and O–H groups in total. The van der Waals surface area contributed by atoms with Gasteiger partial charge in [-0.1, -0.05) is 13.8 Å². The number of carboxylic acid groups (broad SMARTS) is 1. The summed E-state index contributed by atoms with van der Waals surface area (Å²) in [7, 11) is 0. The zero-order chi connectivity index (χ0) is 12.6. The summed E-state index contributed by atoms with van der Waals surface area (Å²) in [5.41, 5.74) is 6.69. The third-order valence-corrected chi connectivity index (χ3v) is 3.12. The molecule has 0 saturated carbocycles. The van der Waals surface area contributed by atoms with Crippen LogP contribution in [-0.2, 0) is 0 Å². The van der Waals surface area contributed by atoms with Crippen LogP contribution in [0.15, 0.2) is 12.3 Å². The van der Waals surface area contributed by atoms with Gasteiger partial charge in [0.2, 0.25) is 0 Å². The van der Waals surface area contributed by atoms with Crippen LogP contribution in [0.1, 0.15) is 30.6 Å². The summed E-state index contributed by atoms with van der Waals surface area (Å²) < 4.78 is 0. The number of carboxylic acids is 1. The highest BCUT2D eigenvalue weighted by atomic mass is 16.4. The first-order valence-corrected chi connectivity index (χ1v) is 5.63. The van der Waals surface area contributed by atoms with E-state index in [-0.39, 0.29) is 11.0 Å². The molecule has 0 spiro atoms. The molecule has 2 rings (SSSR count). The van der Waals surface area contributed by atoms with E-state index in [0.29, 0.717) is 11.5 Å². The summed E-state index contributed by atoms with van der Waals surface area (Å²) in [5, 5.41) is 8.84. The fourth-order valence-electron chi connectivity index (χ4n) is 2.15. The summed E-state index contributed by atoms with van der Waals surface area (Å²) >= 11 is 0. The maximum Gasteiger partial charge on any atom is 0.337 e. The van der Waals surface area contributed by atoms with Gasteiger partial charge in [0.15, 0.2) is 5.82 Å². The Morgan fingerprint density at radius 2 is 2.29 bits per heavy atom. The molecule has 0 aliphatic carbocycles. The molecule has 2 heterocycles. The quantitative estimate of drug-likeness (QED) is 0.813. The lowest BCUT2D eigenvalue weighted by molar-refractivity contribution is 0.0696. The van der Waals surface area contributed by atoms with Crippen molar-refractivity contribution in [1.82, 2.24) is 4.98 Å². The number of nitrogens with zero attached hydrogens (tertiary/aromatic N) is 2. The van der Waals surface area contributed by atoms with Gasteiger partial charge in [0.1, 0.15) is 0 Å². The Bertz CT molecular complexity index is 457. The Kier molecular flexibility index (Phi) is 2.69. The van der Waals surface area contributed by atoms with Crippen LogP contribution in [0.2, 0.25) is 0 Å². The first-order chi connectivity index (χ1) is 7.89. The maximum absolute atomic E-state index is 10.8. The monoisotopic (exact) mass is 235 g/mol. The molecule has 5 nitrogen and oxygen atoms in total. The number of nitrogen functional groups attached to an aromatic ring is 1. The number of aromatic nitrogens is 1. The van der Waals surface area contributed by atoms with E-state index in [1.165, 1.54) is 12.3 Å².